The molecule has 0 aliphatic carbocycles. The first-order chi connectivity index (χ1) is 9.36. The summed E-state index contributed by atoms with van der Waals surface area (Å²) in [5, 5.41) is 15.4. The molecule has 0 atom stereocenters. The molecule has 0 radical (unpaired) electrons. The molecular weight excluding hydrogens is 309 g/mol. The number of nitro benzene ring substituents is 1. The van der Waals surface area contributed by atoms with Crippen molar-refractivity contribution in [3.8, 4) is 0 Å². The van der Waals surface area contributed by atoms with Gasteiger partial charge in [0.1, 0.15) is 0 Å². The van der Waals surface area contributed by atoms with E-state index in [0.717, 1.165) is 12.1 Å². The van der Waals surface area contributed by atoms with Crippen LogP contribution in [-0.2, 0) is 4.79 Å². The van der Waals surface area contributed by atoms with Gasteiger partial charge in [-0.15, -0.1) is 0 Å². The van der Waals surface area contributed by atoms with E-state index < -0.39 is 10.8 Å². The molecule has 0 saturated heterocycles. The summed E-state index contributed by atoms with van der Waals surface area (Å²) >= 11 is 11.6. The van der Waals surface area contributed by atoms with Gasteiger partial charge in [-0.1, -0.05) is 23.2 Å². The fourth-order valence-corrected chi connectivity index (χ4v) is 1.76. The second-order valence-corrected chi connectivity index (χ2v) is 4.51. The van der Waals surface area contributed by atoms with Crippen molar-refractivity contribution in [2.45, 2.75) is 6.42 Å². The predicted octanol–water partition coefficient (Wildman–Crippen LogP) is 1.77. The van der Waals surface area contributed by atoms with Crippen molar-refractivity contribution >= 4 is 40.7 Å². The number of amides is 2. The molecule has 0 aliphatic heterocycles. The highest BCUT2D eigenvalue weighted by atomic mass is 35.5. The van der Waals surface area contributed by atoms with Gasteiger partial charge in [0.15, 0.2) is 0 Å². The number of rotatable bonds is 5. The van der Waals surface area contributed by atoms with Gasteiger partial charge in [0, 0.05) is 32.1 Å². The zero-order valence-corrected chi connectivity index (χ0v) is 11.9. The van der Waals surface area contributed by atoms with Crippen molar-refractivity contribution in [2.75, 3.05) is 13.6 Å². The smallest absolute Gasteiger partial charge is 0.271 e. The largest absolute Gasteiger partial charge is 0.359 e. The number of hydrogen-bond acceptors (Lipinski definition) is 4. The van der Waals surface area contributed by atoms with Crippen molar-refractivity contribution in [1.82, 2.24) is 10.6 Å². The number of benzene rings is 1. The van der Waals surface area contributed by atoms with Crippen LogP contribution < -0.4 is 10.6 Å². The van der Waals surface area contributed by atoms with Crippen LogP contribution >= 0.6 is 23.2 Å². The Morgan fingerprint density at radius 1 is 1.35 bits per heavy atom. The van der Waals surface area contributed by atoms with E-state index >= 15 is 0 Å². The summed E-state index contributed by atoms with van der Waals surface area (Å²) in [6, 6.07) is 2.09. The maximum Gasteiger partial charge on any atom is 0.271 e. The van der Waals surface area contributed by atoms with Gasteiger partial charge in [-0.05, 0) is 0 Å². The third kappa shape index (κ3) is 4.07. The Morgan fingerprint density at radius 3 is 2.55 bits per heavy atom. The van der Waals surface area contributed by atoms with Gasteiger partial charge in [-0.3, -0.25) is 19.7 Å². The number of nitrogens with one attached hydrogen (secondary N) is 2. The second-order valence-electron chi connectivity index (χ2n) is 3.73. The molecule has 9 heteroatoms. The van der Waals surface area contributed by atoms with E-state index in [4.69, 9.17) is 23.2 Å². The van der Waals surface area contributed by atoms with Crippen LogP contribution in [0.3, 0.4) is 0 Å². The summed E-state index contributed by atoms with van der Waals surface area (Å²) in [6.45, 7) is 0.0785. The first-order valence-corrected chi connectivity index (χ1v) is 6.24. The molecular formula is C11H11Cl2N3O4. The highest BCUT2D eigenvalue weighted by Gasteiger charge is 2.19. The SMILES string of the molecule is CNC(=O)CCNC(=O)c1cc([N+](=O)[O-])cc(Cl)c1Cl. The quantitative estimate of drug-likeness (QED) is 0.637. The molecule has 0 unspecified atom stereocenters. The summed E-state index contributed by atoms with van der Waals surface area (Å²) < 4.78 is 0. The van der Waals surface area contributed by atoms with Crippen molar-refractivity contribution in [1.29, 1.82) is 0 Å². The summed E-state index contributed by atoms with van der Waals surface area (Å²) in [5.41, 5.74) is -0.446. The van der Waals surface area contributed by atoms with Gasteiger partial charge >= 0.3 is 0 Å². The van der Waals surface area contributed by atoms with Crippen LogP contribution in [0, 0.1) is 10.1 Å². The van der Waals surface area contributed by atoms with E-state index in [2.05, 4.69) is 10.6 Å². The Morgan fingerprint density at radius 2 is 2.00 bits per heavy atom. The number of halogens is 2. The second kappa shape index (κ2) is 7.06. The summed E-state index contributed by atoms with van der Waals surface area (Å²) in [6.07, 6.45) is 0.0858. The molecule has 0 heterocycles. The monoisotopic (exact) mass is 319 g/mol. The minimum atomic E-state index is -0.677. The molecule has 108 valence electrons. The Balaban J connectivity index is 2.87. The van der Waals surface area contributed by atoms with Crippen LogP contribution in [0.25, 0.3) is 0 Å². The molecule has 1 aromatic carbocycles. The Bertz CT molecular complexity index is 563. The Labute approximate surface area is 124 Å². The van der Waals surface area contributed by atoms with Crippen LogP contribution in [0.15, 0.2) is 12.1 Å². The predicted molar refractivity (Wildman–Crippen MR) is 74.1 cm³/mol. The van der Waals surface area contributed by atoms with Crippen LogP contribution in [0.2, 0.25) is 10.0 Å². The minimum Gasteiger partial charge on any atom is -0.359 e. The van der Waals surface area contributed by atoms with Crippen molar-refractivity contribution < 1.29 is 14.5 Å². The number of nitro groups is 1. The zero-order valence-electron chi connectivity index (χ0n) is 10.4. The lowest BCUT2D eigenvalue weighted by Gasteiger charge is -2.07. The molecule has 0 saturated carbocycles. The van der Waals surface area contributed by atoms with Gasteiger partial charge in [-0.2, -0.15) is 0 Å². The zero-order chi connectivity index (χ0) is 15.3. The summed E-state index contributed by atoms with van der Waals surface area (Å²) in [4.78, 5) is 32.9. The van der Waals surface area contributed by atoms with Gasteiger partial charge in [0.2, 0.25) is 5.91 Å². The standard InChI is InChI=1S/C11H11Cl2N3O4/c1-14-9(17)2-3-15-11(18)7-4-6(16(19)20)5-8(12)10(7)13/h4-5H,2-3H2,1H3,(H,14,17)(H,15,18). The third-order valence-corrected chi connectivity index (χ3v) is 3.19. The van der Waals surface area contributed by atoms with E-state index in [1.165, 1.54) is 7.05 Å². The average molecular weight is 320 g/mol. The van der Waals surface area contributed by atoms with Gasteiger partial charge in [0.25, 0.3) is 11.6 Å². The number of nitrogens with zero attached hydrogens (tertiary/aromatic N) is 1. The molecule has 2 N–H and O–H groups in total. The van der Waals surface area contributed by atoms with E-state index in [0.29, 0.717) is 0 Å². The molecule has 0 bridgehead atoms. The topological polar surface area (TPSA) is 101 Å². The highest BCUT2D eigenvalue weighted by Crippen LogP contribution is 2.30. The van der Waals surface area contributed by atoms with Crippen LogP contribution in [0.1, 0.15) is 16.8 Å². The minimum absolute atomic E-state index is 0.0743. The molecule has 7 nitrogen and oxygen atoms in total. The van der Waals surface area contributed by atoms with Gasteiger partial charge in [-0.25, -0.2) is 0 Å². The van der Waals surface area contributed by atoms with E-state index in [1.54, 1.807) is 0 Å². The molecule has 1 rings (SSSR count). The van der Waals surface area contributed by atoms with Crippen molar-refractivity contribution in [3.63, 3.8) is 0 Å². The summed E-state index contributed by atoms with van der Waals surface area (Å²) in [5.74, 6) is -0.877. The lowest BCUT2D eigenvalue weighted by atomic mass is 10.2. The molecule has 0 aliphatic rings. The van der Waals surface area contributed by atoms with Crippen molar-refractivity contribution in [3.05, 3.63) is 37.9 Å². The first kappa shape index (κ1) is 16.2. The molecule has 0 aromatic heterocycles. The molecule has 1 aromatic rings. The number of carbonyl (C=O) groups excluding carboxylic acids is 2. The van der Waals surface area contributed by atoms with Crippen LogP contribution in [-0.4, -0.2) is 30.3 Å². The number of non-ortho nitro benzene ring substituents is 1. The number of hydrogen-bond donors (Lipinski definition) is 2. The van der Waals surface area contributed by atoms with Crippen LogP contribution in [0.4, 0.5) is 5.69 Å². The highest BCUT2D eigenvalue weighted by molar-refractivity contribution is 6.44. The third-order valence-electron chi connectivity index (χ3n) is 2.38. The first-order valence-electron chi connectivity index (χ1n) is 5.49. The number of carbonyl (C=O) groups is 2. The van der Waals surface area contributed by atoms with E-state index in [9.17, 15) is 19.7 Å². The maximum atomic E-state index is 11.9. The van der Waals surface area contributed by atoms with Crippen LogP contribution in [0.5, 0.6) is 0 Å². The summed E-state index contributed by atoms with van der Waals surface area (Å²) in [7, 11) is 1.47. The van der Waals surface area contributed by atoms with E-state index in [1.807, 2.05) is 0 Å². The van der Waals surface area contributed by atoms with Gasteiger partial charge in [0.05, 0.1) is 20.5 Å². The lowest BCUT2D eigenvalue weighted by molar-refractivity contribution is -0.384. The van der Waals surface area contributed by atoms with E-state index in [-0.39, 0.29) is 40.2 Å². The Hall–Kier alpha value is -1.86. The molecule has 0 spiro atoms. The van der Waals surface area contributed by atoms with Gasteiger partial charge < -0.3 is 10.6 Å². The van der Waals surface area contributed by atoms with Crippen molar-refractivity contribution in [2.24, 2.45) is 0 Å². The molecule has 0 fully saturated rings. The normalized spacial score (nSPS) is 9.95. The average Bonchev–Trinajstić information content (AvgIpc) is 2.40. The molecule has 2 amide bonds. The molecule has 20 heavy (non-hydrogen) atoms. The Kier molecular flexibility index (Phi) is 5.72. The lowest BCUT2D eigenvalue weighted by Crippen LogP contribution is -2.29. The fraction of sp³-hybridized carbons (Fsp3) is 0.273. The maximum absolute atomic E-state index is 11.9. The fourth-order valence-electron chi connectivity index (χ4n) is 1.36.